The predicted molar refractivity (Wildman–Crippen MR) is 43.3 cm³/mol. The van der Waals surface area contributed by atoms with Crippen molar-refractivity contribution in [3.63, 3.8) is 0 Å². The summed E-state index contributed by atoms with van der Waals surface area (Å²) in [5.74, 6) is -1.22. The zero-order chi connectivity index (χ0) is 11.6. The van der Waals surface area contributed by atoms with Crippen LogP contribution in [-0.2, 0) is 11.0 Å². The molecule has 0 saturated carbocycles. The number of pyridine rings is 1. The van der Waals surface area contributed by atoms with E-state index in [2.05, 4.69) is 4.74 Å². The van der Waals surface area contributed by atoms with Gasteiger partial charge in [-0.2, -0.15) is 0 Å². The summed E-state index contributed by atoms with van der Waals surface area (Å²) < 4.78 is 40.6. The average Bonchev–Trinajstić information content (AvgIpc) is 2.14. The Morgan fingerprint density at radius 3 is 2.47 bits per heavy atom. The van der Waals surface area contributed by atoms with Crippen molar-refractivity contribution in [2.24, 2.45) is 0 Å². The van der Waals surface area contributed by atoms with Gasteiger partial charge in [-0.3, -0.25) is 4.79 Å². The van der Waals surface area contributed by atoms with Crippen molar-refractivity contribution in [3.05, 3.63) is 34.2 Å². The van der Waals surface area contributed by atoms with Crippen LogP contribution in [0.3, 0.4) is 0 Å². The van der Waals surface area contributed by atoms with Crippen molar-refractivity contribution in [2.75, 3.05) is 7.11 Å². The largest absolute Gasteiger partial charge is 0.492 e. The lowest BCUT2D eigenvalue weighted by atomic mass is 10.3. The van der Waals surface area contributed by atoms with E-state index in [9.17, 15) is 22.8 Å². The monoisotopic (exact) mass is 221 g/mol. The van der Waals surface area contributed by atoms with Gasteiger partial charge in [0, 0.05) is 6.07 Å². The third-order valence-electron chi connectivity index (χ3n) is 1.60. The highest BCUT2D eigenvalue weighted by Gasteiger charge is 2.35. The molecule has 1 aromatic heterocycles. The Balaban J connectivity index is 3.47. The first-order chi connectivity index (χ1) is 6.88. The third kappa shape index (κ3) is 2.17. The Morgan fingerprint density at radius 1 is 1.40 bits per heavy atom. The number of carbonyl (C=O) groups is 1. The normalized spacial score (nSPS) is 11.2. The highest BCUT2D eigenvalue weighted by atomic mass is 19.4. The molecule has 0 bridgehead atoms. The molecule has 0 radical (unpaired) electrons. The number of methoxy groups -OCH3 is 1. The van der Waals surface area contributed by atoms with Crippen molar-refractivity contribution in [3.8, 4) is 0 Å². The van der Waals surface area contributed by atoms with Gasteiger partial charge in [-0.25, -0.2) is 9.36 Å². The molecule has 0 fully saturated rings. The van der Waals surface area contributed by atoms with Crippen LogP contribution in [-0.4, -0.2) is 17.6 Å². The van der Waals surface area contributed by atoms with Crippen LogP contribution in [0, 0.1) is 0 Å². The molecule has 1 heterocycles. The van der Waals surface area contributed by atoms with Gasteiger partial charge in [0.1, 0.15) is 5.69 Å². The topological polar surface area (TPSA) is 48.3 Å². The van der Waals surface area contributed by atoms with Crippen molar-refractivity contribution in [1.82, 2.24) is 4.57 Å². The lowest BCUT2D eigenvalue weighted by molar-refractivity contribution is -0.207. The maximum atomic E-state index is 12.4. The van der Waals surface area contributed by atoms with Gasteiger partial charge in [0.25, 0.3) is 5.56 Å². The van der Waals surface area contributed by atoms with Crippen molar-refractivity contribution < 1.29 is 22.7 Å². The van der Waals surface area contributed by atoms with Crippen molar-refractivity contribution >= 4 is 5.97 Å². The number of nitrogens with zero attached hydrogens (tertiary/aromatic N) is 1. The van der Waals surface area contributed by atoms with E-state index in [1.165, 1.54) is 0 Å². The van der Waals surface area contributed by atoms with Gasteiger partial charge in [-0.05, 0) is 6.07 Å². The molecule has 0 aliphatic carbocycles. The number of hydrogen-bond acceptors (Lipinski definition) is 3. The first kappa shape index (κ1) is 11.3. The first-order valence-corrected chi connectivity index (χ1v) is 3.75. The molecule has 15 heavy (non-hydrogen) atoms. The van der Waals surface area contributed by atoms with E-state index >= 15 is 0 Å². The van der Waals surface area contributed by atoms with E-state index in [1.807, 2.05) is 0 Å². The lowest BCUT2D eigenvalue weighted by Gasteiger charge is -2.13. The number of esters is 1. The molecule has 0 amide bonds. The lowest BCUT2D eigenvalue weighted by Crippen LogP contribution is -2.34. The van der Waals surface area contributed by atoms with Gasteiger partial charge in [-0.15, -0.1) is 13.2 Å². The number of carbonyl (C=O) groups excluding carboxylic acids is 1. The van der Waals surface area contributed by atoms with Crippen LogP contribution in [0.15, 0.2) is 23.0 Å². The van der Waals surface area contributed by atoms with E-state index in [4.69, 9.17) is 0 Å². The van der Waals surface area contributed by atoms with Gasteiger partial charge in [0.2, 0.25) is 0 Å². The Hall–Kier alpha value is -1.79. The standard InChI is InChI=1S/C8H6F3NO3/c1-15-7(14)5-3-2-4-6(13)12(5)8(9,10)11/h2-4H,1H3. The molecule has 0 aromatic carbocycles. The minimum Gasteiger partial charge on any atom is -0.464 e. The summed E-state index contributed by atoms with van der Waals surface area (Å²) in [7, 11) is 0.931. The van der Waals surface area contributed by atoms with Gasteiger partial charge >= 0.3 is 12.3 Å². The number of halogens is 3. The third-order valence-corrected chi connectivity index (χ3v) is 1.60. The zero-order valence-electron chi connectivity index (χ0n) is 7.54. The molecule has 7 heteroatoms. The molecule has 1 aromatic rings. The van der Waals surface area contributed by atoms with Crippen LogP contribution in [0.4, 0.5) is 13.2 Å². The second kappa shape index (κ2) is 3.76. The maximum Gasteiger partial charge on any atom is 0.492 e. The van der Waals surface area contributed by atoms with Gasteiger partial charge < -0.3 is 4.74 Å². The number of rotatable bonds is 1. The van der Waals surface area contributed by atoms with Crippen LogP contribution in [0.2, 0.25) is 0 Å². The van der Waals surface area contributed by atoms with Crippen LogP contribution in [0.5, 0.6) is 0 Å². The molecule has 0 aliphatic rings. The molecule has 1 rings (SSSR count). The quantitative estimate of drug-likeness (QED) is 0.667. The summed E-state index contributed by atoms with van der Waals surface area (Å²) in [6.07, 6.45) is -4.94. The molecule has 82 valence electrons. The Kier molecular flexibility index (Phi) is 2.83. The van der Waals surface area contributed by atoms with Crippen LogP contribution >= 0.6 is 0 Å². The molecule has 0 N–H and O–H groups in total. The molecule has 0 unspecified atom stereocenters. The van der Waals surface area contributed by atoms with E-state index in [-0.39, 0.29) is 0 Å². The SMILES string of the molecule is COC(=O)c1cccc(=O)n1C(F)(F)F. The fourth-order valence-corrected chi connectivity index (χ4v) is 1.01. The van der Waals surface area contributed by atoms with E-state index in [1.54, 1.807) is 0 Å². The number of alkyl halides is 3. The zero-order valence-corrected chi connectivity index (χ0v) is 7.54. The number of ether oxygens (including phenoxy) is 1. The molecule has 0 atom stereocenters. The summed E-state index contributed by atoms with van der Waals surface area (Å²) in [6.45, 7) is 0. The van der Waals surface area contributed by atoms with E-state index in [0.717, 1.165) is 19.2 Å². The Bertz CT molecular complexity index is 435. The van der Waals surface area contributed by atoms with Gasteiger partial charge in [0.05, 0.1) is 7.11 Å². The maximum absolute atomic E-state index is 12.4. The second-order valence-electron chi connectivity index (χ2n) is 2.54. The van der Waals surface area contributed by atoms with Crippen LogP contribution < -0.4 is 5.56 Å². The van der Waals surface area contributed by atoms with Crippen LogP contribution in [0.25, 0.3) is 0 Å². The minimum absolute atomic E-state index is 0.571. The van der Waals surface area contributed by atoms with Gasteiger partial charge in [0.15, 0.2) is 0 Å². The van der Waals surface area contributed by atoms with Crippen molar-refractivity contribution in [2.45, 2.75) is 6.30 Å². The summed E-state index contributed by atoms with van der Waals surface area (Å²) in [5.41, 5.74) is -2.18. The van der Waals surface area contributed by atoms with Crippen LogP contribution in [0.1, 0.15) is 10.5 Å². The number of hydrogen-bond donors (Lipinski definition) is 0. The van der Waals surface area contributed by atoms with E-state index in [0.29, 0.717) is 6.07 Å². The molecule has 0 saturated heterocycles. The Labute approximate surface area is 81.9 Å². The molecule has 4 nitrogen and oxygen atoms in total. The summed E-state index contributed by atoms with van der Waals surface area (Å²) in [4.78, 5) is 21.9. The summed E-state index contributed by atoms with van der Waals surface area (Å²) in [6, 6.07) is 2.62. The second-order valence-corrected chi connectivity index (χ2v) is 2.54. The van der Waals surface area contributed by atoms with Gasteiger partial charge in [-0.1, -0.05) is 6.07 Å². The summed E-state index contributed by atoms with van der Waals surface area (Å²) in [5, 5.41) is 0. The molecular weight excluding hydrogens is 215 g/mol. The van der Waals surface area contributed by atoms with Crippen molar-refractivity contribution in [1.29, 1.82) is 0 Å². The molecule has 0 aliphatic heterocycles. The molecular formula is C8H6F3NO3. The average molecular weight is 221 g/mol. The fourth-order valence-electron chi connectivity index (χ4n) is 1.01. The molecule has 0 spiro atoms. The number of aromatic nitrogens is 1. The Morgan fingerprint density at radius 2 is 2.00 bits per heavy atom. The fraction of sp³-hybridized carbons (Fsp3) is 0.250. The smallest absolute Gasteiger partial charge is 0.464 e. The minimum atomic E-state index is -4.94. The first-order valence-electron chi connectivity index (χ1n) is 3.75. The summed E-state index contributed by atoms with van der Waals surface area (Å²) >= 11 is 0. The highest BCUT2D eigenvalue weighted by molar-refractivity contribution is 5.87. The highest BCUT2D eigenvalue weighted by Crippen LogP contribution is 2.21. The predicted octanol–water partition coefficient (Wildman–Crippen LogP) is 1.11. The van der Waals surface area contributed by atoms with E-state index < -0.39 is 28.1 Å².